The van der Waals surface area contributed by atoms with Gasteiger partial charge >= 0.3 is 0 Å². The van der Waals surface area contributed by atoms with Gasteiger partial charge in [0.2, 0.25) is 0 Å². The first kappa shape index (κ1) is 11.4. The largest absolute Gasteiger partial charge is 0.316 e. The summed E-state index contributed by atoms with van der Waals surface area (Å²) in [7, 11) is 0. The zero-order chi connectivity index (χ0) is 10.5. The Morgan fingerprint density at radius 2 is 1.80 bits per heavy atom. The lowest BCUT2D eigenvalue weighted by Gasteiger charge is -2.34. The van der Waals surface area contributed by atoms with Gasteiger partial charge in [-0.25, -0.2) is 0 Å². The fraction of sp³-hybridized carbons (Fsp3) is 1.00. The van der Waals surface area contributed by atoms with Crippen molar-refractivity contribution in [3.63, 3.8) is 0 Å². The lowest BCUT2D eigenvalue weighted by molar-refractivity contribution is 0.154. The van der Waals surface area contributed by atoms with E-state index < -0.39 is 0 Å². The normalized spacial score (nSPS) is 28.0. The second-order valence-corrected chi connectivity index (χ2v) is 5.36. The van der Waals surface area contributed by atoms with Crippen molar-refractivity contribution < 1.29 is 0 Å². The van der Waals surface area contributed by atoms with Crippen LogP contribution in [0.4, 0.5) is 0 Å². The quantitative estimate of drug-likeness (QED) is 0.747. The minimum absolute atomic E-state index is 0.916. The first-order valence-electron chi connectivity index (χ1n) is 6.81. The fourth-order valence-electron chi connectivity index (χ4n) is 2.82. The standard InChI is InChI=1S/C13H26N2/c1-2-15(10-12-5-3-6-12)11-13-7-4-8-14-9-13/h12-14H,2-11H2,1H3. The van der Waals surface area contributed by atoms with Crippen LogP contribution in [0.25, 0.3) is 0 Å². The molecule has 1 saturated heterocycles. The molecular weight excluding hydrogens is 184 g/mol. The molecule has 1 aliphatic heterocycles. The third kappa shape index (κ3) is 3.46. The molecule has 0 spiro atoms. The second kappa shape index (κ2) is 5.86. The van der Waals surface area contributed by atoms with Crippen LogP contribution in [0.5, 0.6) is 0 Å². The second-order valence-electron chi connectivity index (χ2n) is 5.36. The molecule has 0 aromatic heterocycles. The molecule has 1 aliphatic carbocycles. The molecular formula is C13H26N2. The summed E-state index contributed by atoms with van der Waals surface area (Å²) >= 11 is 0. The van der Waals surface area contributed by atoms with Gasteiger partial charge in [-0.2, -0.15) is 0 Å². The van der Waals surface area contributed by atoms with Crippen molar-refractivity contribution in [2.75, 3.05) is 32.7 Å². The number of hydrogen-bond donors (Lipinski definition) is 1. The Labute approximate surface area is 94.4 Å². The monoisotopic (exact) mass is 210 g/mol. The van der Waals surface area contributed by atoms with Crippen LogP contribution in [-0.2, 0) is 0 Å². The number of nitrogens with one attached hydrogen (secondary N) is 1. The van der Waals surface area contributed by atoms with E-state index in [0.717, 1.165) is 11.8 Å². The molecule has 0 aromatic rings. The van der Waals surface area contributed by atoms with Gasteiger partial charge in [-0.15, -0.1) is 0 Å². The fourth-order valence-corrected chi connectivity index (χ4v) is 2.82. The SMILES string of the molecule is CCN(CC1CCC1)CC1CCCNC1. The van der Waals surface area contributed by atoms with Crippen LogP contribution in [0, 0.1) is 11.8 Å². The number of hydrogen-bond acceptors (Lipinski definition) is 2. The summed E-state index contributed by atoms with van der Waals surface area (Å²) in [5.74, 6) is 1.94. The first-order chi connectivity index (χ1) is 7.38. The van der Waals surface area contributed by atoms with E-state index in [1.165, 1.54) is 64.8 Å². The van der Waals surface area contributed by atoms with Gasteiger partial charge in [0.25, 0.3) is 0 Å². The topological polar surface area (TPSA) is 15.3 Å². The molecule has 88 valence electrons. The molecule has 1 atom stereocenters. The van der Waals surface area contributed by atoms with Crippen molar-refractivity contribution in [1.29, 1.82) is 0 Å². The van der Waals surface area contributed by atoms with Gasteiger partial charge in [0.15, 0.2) is 0 Å². The Kier molecular flexibility index (Phi) is 4.45. The smallest absolute Gasteiger partial charge is 0.00218 e. The first-order valence-corrected chi connectivity index (χ1v) is 6.81. The van der Waals surface area contributed by atoms with E-state index in [9.17, 15) is 0 Å². The van der Waals surface area contributed by atoms with Gasteiger partial charge < -0.3 is 10.2 Å². The van der Waals surface area contributed by atoms with Crippen molar-refractivity contribution >= 4 is 0 Å². The summed E-state index contributed by atoms with van der Waals surface area (Å²) in [6.45, 7) is 8.75. The zero-order valence-electron chi connectivity index (χ0n) is 10.2. The molecule has 0 aromatic carbocycles. The maximum atomic E-state index is 3.52. The van der Waals surface area contributed by atoms with Gasteiger partial charge in [-0.3, -0.25) is 0 Å². The Hall–Kier alpha value is -0.0800. The van der Waals surface area contributed by atoms with Crippen molar-refractivity contribution in [2.45, 2.75) is 39.0 Å². The van der Waals surface area contributed by atoms with Crippen LogP contribution < -0.4 is 5.32 Å². The van der Waals surface area contributed by atoms with Gasteiger partial charge in [0, 0.05) is 13.1 Å². The maximum Gasteiger partial charge on any atom is 0.00218 e. The van der Waals surface area contributed by atoms with E-state index >= 15 is 0 Å². The zero-order valence-corrected chi connectivity index (χ0v) is 10.2. The van der Waals surface area contributed by atoms with E-state index in [2.05, 4.69) is 17.1 Å². The van der Waals surface area contributed by atoms with Crippen molar-refractivity contribution in [3.8, 4) is 0 Å². The lowest BCUT2D eigenvalue weighted by Crippen LogP contribution is -2.40. The number of nitrogens with zero attached hydrogens (tertiary/aromatic N) is 1. The predicted octanol–water partition coefficient (Wildman–Crippen LogP) is 2.11. The highest BCUT2D eigenvalue weighted by Gasteiger charge is 2.22. The molecule has 2 fully saturated rings. The highest BCUT2D eigenvalue weighted by molar-refractivity contribution is 4.77. The molecule has 1 N–H and O–H groups in total. The average molecular weight is 210 g/mol. The molecule has 0 amide bonds. The molecule has 2 rings (SSSR count). The van der Waals surface area contributed by atoms with Gasteiger partial charge in [0.1, 0.15) is 0 Å². The summed E-state index contributed by atoms with van der Waals surface area (Å²) in [6, 6.07) is 0. The summed E-state index contributed by atoms with van der Waals surface area (Å²) in [5, 5.41) is 3.52. The minimum Gasteiger partial charge on any atom is -0.316 e. The van der Waals surface area contributed by atoms with Gasteiger partial charge in [-0.05, 0) is 57.2 Å². The molecule has 2 nitrogen and oxygen atoms in total. The van der Waals surface area contributed by atoms with Crippen LogP contribution in [0.3, 0.4) is 0 Å². The summed E-state index contributed by atoms with van der Waals surface area (Å²) in [6.07, 6.45) is 7.27. The van der Waals surface area contributed by atoms with Crippen LogP contribution >= 0.6 is 0 Å². The molecule has 2 aliphatic rings. The van der Waals surface area contributed by atoms with E-state index in [1.807, 2.05) is 0 Å². The highest BCUT2D eigenvalue weighted by atomic mass is 15.1. The van der Waals surface area contributed by atoms with Gasteiger partial charge in [0.05, 0.1) is 0 Å². The molecule has 2 heteroatoms. The average Bonchev–Trinajstić information content (AvgIpc) is 2.23. The molecule has 0 radical (unpaired) electrons. The predicted molar refractivity (Wildman–Crippen MR) is 65.0 cm³/mol. The Balaban J connectivity index is 1.68. The van der Waals surface area contributed by atoms with Crippen LogP contribution in [-0.4, -0.2) is 37.6 Å². The van der Waals surface area contributed by atoms with E-state index in [0.29, 0.717) is 0 Å². The van der Waals surface area contributed by atoms with Crippen molar-refractivity contribution in [3.05, 3.63) is 0 Å². The molecule has 1 heterocycles. The van der Waals surface area contributed by atoms with Crippen LogP contribution in [0.1, 0.15) is 39.0 Å². The minimum atomic E-state index is 0.916. The van der Waals surface area contributed by atoms with Crippen LogP contribution in [0.2, 0.25) is 0 Å². The van der Waals surface area contributed by atoms with Crippen molar-refractivity contribution in [1.82, 2.24) is 10.2 Å². The van der Waals surface area contributed by atoms with E-state index in [1.54, 1.807) is 0 Å². The highest BCUT2D eigenvalue weighted by Crippen LogP contribution is 2.27. The third-order valence-electron chi connectivity index (χ3n) is 4.10. The third-order valence-corrected chi connectivity index (χ3v) is 4.10. The number of piperidine rings is 1. The van der Waals surface area contributed by atoms with E-state index in [-0.39, 0.29) is 0 Å². The van der Waals surface area contributed by atoms with Crippen molar-refractivity contribution in [2.24, 2.45) is 11.8 Å². The van der Waals surface area contributed by atoms with Crippen LogP contribution in [0.15, 0.2) is 0 Å². The Morgan fingerprint density at radius 3 is 2.33 bits per heavy atom. The summed E-state index contributed by atoms with van der Waals surface area (Å²) in [5.41, 5.74) is 0. The molecule has 1 unspecified atom stereocenters. The van der Waals surface area contributed by atoms with Gasteiger partial charge in [-0.1, -0.05) is 13.3 Å². The molecule has 0 bridgehead atoms. The molecule has 15 heavy (non-hydrogen) atoms. The summed E-state index contributed by atoms with van der Waals surface area (Å²) < 4.78 is 0. The Morgan fingerprint density at radius 1 is 1.07 bits per heavy atom. The number of rotatable bonds is 5. The van der Waals surface area contributed by atoms with E-state index in [4.69, 9.17) is 0 Å². The lowest BCUT2D eigenvalue weighted by atomic mass is 9.85. The Bertz CT molecular complexity index is 171. The molecule has 1 saturated carbocycles. The summed E-state index contributed by atoms with van der Waals surface area (Å²) in [4.78, 5) is 2.68. The maximum absolute atomic E-state index is 3.52.